The Labute approximate surface area is 382 Å². The highest BCUT2D eigenvalue weighted by Gasteiger charge is 2.61. The SMILES string of the molecule is COc1ccc(C2(O)O[C@H](COCc3ccccc3)[C@@H](OC(=O)c3ccccc3)[C@H](OC(=O)c3ccccc3)[C@H]2OC(=O)c2ccccc2)cc1C(=O)c1ccc2c(c1)CCC1(CCC1)O2. The number of hydrogen-bond donors (Lipinski definition) is 1. The zero-order chi connectivity index (χ0) is 45.7. The first-order chi connectivity index (χ1) is 32.1. The monoisotopic (exact) mass is 888 g/mol. The molecule has 12 heteroatoms. The van der Waals surface area contributed by atoms with Crippen molar-refractivity contribution in [2.24, 2.45) is 0 Å². The highest BCUT2D eigenvalue weighted by Crippen LogP contribution is 2.46. The molecule has 2 aliphatic heterocycles. The molecule has 2 fully saturated rings. The number of ketones is 1. The highest BCUT2D eigenvalue weighted by molar-refractivity contribution is 6.11. The summed E-state index contributed by atoms with van der Waals surface area (Å²) in [4.78, 5) is 57.0. The fourth-order valence-electron chi connectivity index (χ4n) is 8.76. The van der Waals surface area contributed by atoms with E-state index in [2.05, 4.69) is 0 Å². The third-order valence-electron chi connectivity index (χ3n) is 12.5. The number of carbonyl (C=O) groups excluding carboxylic acids is 4. The third-order valence-corrected chi connectivity index (χ3v) is 12.5. The lowest BCUT2D eigenvalue weighted by Crippen LogP contribution is -2.66. The van der Waals surface area contributed by atoms with Gasteiger partial charge in [0.05, 0.1) is 42.6 Å². The van der Waals surface area contributed by atoms with Crippen molar-refractivity contribution >= 4 is 23.7 Å². The standard InChI is InChI=1S/C54H48O12/c1-60-44-26-24-41(32-42(44)46(55)40-23-25-43-39(31-40)27-30-53(65-43)28-14-29-53)54(59)49(64-52(58)38-21-12-5-13-22-38)48(63-51(57)37-19-10-4-11-20-37)47(62-50(56)36-17-8-3-9-18-36)45(66-54)34-61-33-35-15-6-2-7-16-35/h2-13,15-26,31-32,45,47-49,59H,14,27-30,33-34H2,1H3/t45-,47-,48+,49-,54?/m1/s1. The fraction of sp³-hybridized carbons (Fsp3) is 0.259. The van der Waals surface area contributed by atoms with Gasteiger partial charge in [0, 0.05) is 11.1 Å². The van der Waals surface area contributed by atoms with Gasteiger partial charge in [-0.15, -0.1) is 0 Å². The first-order valence-corrected chi connectivity index (χ1v) is 22.0. The molecule has 66 heavy (non-hydrogen) atoms. The van der Waals surface area contributed by atoms with Crippen molar-refractivity contribution in [3.05, 3.63) is 202 Å². The lowest BCUT2D eigenvalue weighted by molar-refractivity contribution is -0.356. The molecular formula is C54H48O12. The smallest absolute Gasteiger partial charge is 0.338 e. The second kappa shape index (κ2) is 19.2. The first-order valence-electron chi connectivity index (χ1n) is 22.0. The van der Waals surface area contributed by atoms with Crippen LogP contribution in [0.25, 0.3) is 0 Å². The van der Waals surface area contributed by atoms with E-state index in [0.717, 1.165) is 49.0 Å². The second-order valence-corrected chi connectivity index (χ2v) is 16.7. The zero-order valence-corrected chi connectivity index (χ0v) is 36.2. The summed E-state index contributed by atoms with van der Waals surface area (Å²) in [6.07, 6.45) is -1.87. The minimum absolute atomic E-state index is 0.0552. The molecule has 336 valence electrons. The van der Waals surface area contributed by atoms with E-state index in [4.69, 9.17) is 33.2 Å². The maximum absolute atomic E-state index is 14.6. The van der Waals surface area contributed by atoms with Crippen LogP contribution in [-0.2, 0) is 42.5 Å². The molecule has 1 unspecified atom stereocenters. The van der Waals surface area contributed by atoms with E-state index < -0.39 is 53.9 Å². The van der Waals surface area contributed by atoms with E-state index in [0.29, 0.717) is 5.56 Å². The Morgan fingerprint density at radius 1 is 0.636 bits per heavy atom. The number of ether oxygens (including phenoxy) is 7. The number of methoxy groups -OCH3 is 1. The molecule has 0 bridgehead atoms. The first kappa shape index (κ1) is 44.1. The van der Waals surface area contributed by atoms with Gasteiger partial charge in [0.1, 0.15) is 23.2 Å². The Kier molecular flexibility index (Phi) is 12.8. The predicted octanol–water partition coefficient (Wildman–Crippen LogP) is 8.61. The molecule has 6 aromatic rings. The van der Waals surface area contributed by atoms with Gasteiger partial charge in [0.25, 0.3) is 0 Å². The van der Waals surface area contributed by atoms with E-state index in [1.165, 1.54) is 49.6 Å². The van der Waals surface area contributed by atoms with Crippen LogP contribution in [0, 0.1) is 0 Å². The zero-order valence-electron chi connectivity index (χ0n) is 36.2. The molecule has 0 aromatic heterocycles. The van der Waals surface area contributed by atoms with Crippen LogP contribution in [-0.4, -0.2) is 72.5 Å². The number of hydrogen-bond acceptors (Lipinski definition) is 12. The van der Waals surface area contributed by atoms with Gasteiger partial charge in [-0.2, -0.15) is 0 Å². The lowest BCUT2D eigenvalue weighted by atomic mass is 9.74. The van der Waals surface area contributed by atoms with Gasteiger partial charge in [0.2, 0.25) is 11.9 Å². The van der Waals surface area contributed by atoms with Gasteiger partial charge >= 0.3 is 17.9 Å². The molecule has 12 nitrogen and oxygen atoms in total. The Balaban J connectivity index is 1.15. The summed E-state index contributed by atoms with van der Waals surface area (Å²) < 4.78 is 43.7. The van der Waals surface area contributed by atoms with Crippen molar-refractivity contribution in [3.8, 4) is 11.5 Å². The van der Waals surface area contributed by atoms with Crippen molar-refractivity contribution in [3.63, 3.8) is 0 Å². The normalized spacial score (nSPS) is 21.5. The van der Waals surface area contributed by atoms with Gasteiger partial charge < -0.3 is 38.3 Å². The Morgan fingerprint density at radius 2 is 1.21 bits per heavy atom. The average Bonchev–Trinajstić information content (AvgIpc) is 3.35. The summed E-state index contributed by atoms with van der Waals surface area (Å²) in [6.45, 7) is -0.226. The van der Waals surface area contributed by atoms with Crippen molar-refractivity contribution < 1.29 is 57.4 Å². The molecule has 1 spiro atoms. The molecule has 5 atom stereocenters. The summed E-state index contributed by atoms with van der Waals surface area (Å²) in [5.74, 6) is -4.79. The number of fused-ring (bicyclic) bond motifs is 1. The van der Waals surface area contributed by atoms with E-state index >= 15 is 0 Å². The van der Waals surface area contributed by atoms with Gasteiger partial charge in [-0.25, -0.2) is 14.4 Å². The molecule has 0 amide bonds. The molecule has 6 aromatic carbocycles. The van der Waals surface area contributed by atoms with Gasteiger partial charge in [-0.3, -0.25) is 4.79 Å². The summed E-state index contributed by atoms with van der Waals surface area (Å²) in [5, 5.41) is 13.3. The molecule has 1 aliphatic carbocycles. The predicted molar refractivity (Wildman–Crippen MR) is 240 cm³/mol. The molecule has 2 heterocycles. The van der Waals surface area contributed by atoms with Crippen LogP contribution in [0.15, 0.2) is 158 Å². The van der Waals surface area contributed by atoms with Crippen LogP contribution in [0.2, 0.25) is 0 Å². The number of aliphatic hydroxyl groups is 1. The van der Waals surface area contributed by atoms with E-state index in [1.54, 1.807) is 72.8 Å². The number of esters is 3. The Morgan fingerprint density at radius 3 is 1.79 bits per heavy atom. The second-order valence-electron chi connectivity index (χ2n) is 16.7. The maximum atomic E-state index is 14.6. The van der Waals surface area contributed by atoms with Gasteiger partial charge in [0.15, 0.2) is 18.0 Å². The average molecular weight is 889 g/mol. The lowest BCUT2D eigenvalue weighted by Gasteiger charge is -2.49. The molecule has 1 N–H and O–H groups in total. The quantitative estimate of drug-likeness (QED) is 0.0633. The van der Waals surface area contributed by atoms with E-state index in [-0.39, 0.29) is 52.4 Å². The van der Waals surface area contributed by atoms with Crippen molar-refractivity contribution in [2.45, 2.75) is 74.5 Å². The molecule has 0 radical (unpaired) electrons. The van der Waals surface area contributed by atoms with Gasteiger partial charge in [-0.1, -0.05) is 84.9 Å². The number of aryl methyl sites for hydroxylation is 1. The van der Waals surface area contributed by atoms with Crippen molar-refractivity contribution in [1.29, 1.82) is 0 Å². The van der Waals surface area contributed by atoms with Crippen LogP contribution >= 0.6 is 0 Å². The largest absolute Gasteiger partial charge is 0.496 e. The van der Waals surface area contributed by atoms with Crippen LogP contribution < -0.4 is 9.47 Å². The number of benzene rings is 6. The van der Waals surface area contributed by atoms with Crippen LogP contribution in [0.5, 0.6) is 11.5 Å². The van der Waals surface area contributed by atoms with Gasteiger partial charge in [-0.05, 0) is 116 Å². The maximum Gasteiger partial charge on any atom is 0.338 e. The number of rotatable bonds is 14. The fourth-order valence-corrected chi connectivity index (χ4v) is 8.76. The third kappa shape index (κ3) is 9.21. The van der Waals surface area contributed by atoms with Crippen molar-refractivity contribution in [1.82, 2.24) is 0 Å². The summed E-state index contributed by atoms with van der Waals surface area (Å²) in [7, 11) is 1.42. The summed E-state index contributed by atoms with van der Waals surface area (Å²) >= 11 is 0. The topological polar surface area (TPSA) is 153 Å². The summed E-state index contributed by atoms with van der Waals surface area (Å²) in [5.41, 5.74) is 2.34. The Bertz CT molecular complexity index is 2690. The minimum Gasteiger partial charge on any atom is -0.496 e. The summed E-state index contributed by atoms with van der Waals surface area (Å²) in [6, 6.07) is 43.3. The highest BCUT2D eigenvalue weighted by atomic mass is 16.7. The molecule has 9 rings (SSSR count). The molecule has 1 saturated heterocycles. The van der Waals surface area contributed by atoms with Crippen LogP contribution in [0.1, 0.15) is 89.4 Å². The van der Waals surface area contributed by atoms with Crippen LogP contribution in [0.3, 0.4) is 0 Å². The van der Waals surface area contributed by atoms with Crippen LogP contribution in [0.4, 0.5) is 0 Å². The molecule has 1 saturated carbocycles. The number of carbonyl (C=O) groups is 4. The molecule has 3 aliphatic rings. The van der Waals surface area contributed by atoms with E-state index in [1.807, 2.05) is 42.5 Å². The van der Waals surface area contributed by atoms with E-state index in [9.17, 15) is 24.3 Å². The van der Waals surface area contributed by atoms with Crippen molar-refractivity contribution in [2.75, 3.05) is 13.7 Å². The minimum atomic E-state index is -2.70. The Hall–Kier alpha value is -7.12. The molecular weight excluding hydrogens is 841 g/mol.